The van der Waals surface area contributed by atoms with Gasteiger partial charge in [0.1, 0.15) is 0 Å². The molecule has 0 aromatic heterocycles. The Labute approximate surface area is 83.2 Å². The highest BCUT2D eigenvalue weighted by molar-refractivity contribution is 8.00. The third kappa shape index (κ3) is 1.46. The molecule has 2 saturated heterocycles. The lowest BCUT2D eigenvalue weighted by Gasteiger charge is -2.36. The Balaban J connectivity index is 2.13. The topological polar surface area (TPSA) is 32.3 Å². The van der Waals surface area contributed by atoms with Crippen LogP contribution < -0.4 is 5.32 Å². The summed E-state index contributed by atoms with van der Waals surface area (Å²) in [6.45, 7) is 2.14. The highest BCUT2D eigenvalue weighted by Gasteiger charge is 2.41. The van der Waals surface area contributed by atoms with Crippen LogP contribution in [-0.4, -0.2) is 41.1 Å². The molecule has 0 aliphatic carbocycles. The van der Waals surface area contributed by atoms with Crippen LogP contribution in [0.3, 0.4) is 0 Å². The number of rotatable bonds is 1. The minimum absolute atomic E-state index is 0.0670. The summed E-state index contributed by atoms with van der Waals surface area (Å²) >= 11 is 1.93. The van der Waals surface area contributed by atoms with Gasteiger partial charge >= 0.3 is 0 Å². The summed E-state index contributed by atoms with van der Waals surface area (Å²) in [6, 6.07) is 0.496. The molecule has 0 saturated carbocycles. The van der Waals surface area contributed by atoms with Crippen molar-refractivity contribution in [1.29, 1.82) is 0 Å². The Bertz CT molecular complexity index is 222. The van der Waals surface area contributed by atoms with E-state index in [0.29, 0.717) is 17.3 Å². The van der Waals surface area contributed by atoms with Gasteiger partial charge in [-0.3, -0.25) is 4.79 Å². The molecule has 2 rings (SSSR count). The van der Waals surface area contributed by atoms with Crippen molar-refractivity contribution in [3.05, 3.63) is 0 Å². The van der Waals surface area contributed by atoms with Crippen LogP contribution in [0.25, 0.3) is 0 Å². The third-order valence-electron chi connectivity index (χ3n) is 2.92. The number of thioether (sulfide) groups is 1. The van der Waals surface area contributed by atoms with E-state index in [-0.39, 0.29) is 6.04 Å². The molecule has 2 aliphatic heterocycles. The van der Waals surface area contributed by atoms with E-state index in [4.69, 9.17) is 0 Å². The molecule has 3 nitrogen and oxygen atoms in total. The summed E-state index contributed by atoms with van der Waals surface area (Å²) in [7, 11) is 1.87. The summed E-state index contributed by atoms with van der Waals surface area (Å²) < 4.78 is 0. The first kappa shape index (κ1) is 9.34. The van der Waals surface area contributed by atoms with Gasteiger partial charge in [0.25, 0.3) is 0 Å². The molecule has 0 radical (unpaired) electrons. The van der Waals surface area contributed by atoms with E-state index < -0.39 is 0 Å². The van der Waals surface area contributed by atoms with E-state index >= 15 is 0 Å². The van der Waals surface area contributed by atoms with Crippen LogP contribution in [0.1, 0.15) is 19.8 Å². The molecule has 0 aromatic carbocycles. The maximum atomic E-state index is 11.9. The molecular formula is C9H16N2OS. The third-order valence-corrected chi connectivity index (χ3v) is 4.44. The summed E-state index contributed by atoms with van der Waals surface area (Å²) in [4.78, 5) is 14.0. The van der Waals surface area contributed by atoms with Crippen molar-refractivity contribution in [2.24, 2.45) is 0 Å². The van der Waals surface area contributed by atoms with Gasteiger partial charge in [-0.25, -0.2) is 0 Å². The number of hydrogen-bond donors (Lipinski definition) is 1. The first-order chi connectivity index (χ1) is 6.24. The lowest BCUT2D eigenvalue weighted by atomic mass is 10.0. The number of amides is 1. The maximum absolute atomic E-state index is 11.9. The monoisotopic (exact) mass is 200 g/mol. The highest BCUT2D eigenvalue weighted by atomic mass is 32.2. The molecule has 1 N–H and O–H groups in total. The van der Waals surface area contributed by atoms with Crippen LogP contribution >= 0.6 is 11.8 Å². The predicted octanol–water partition coefficient (Wildman–Crippen LogP) is 0.658. The van der Waals surface area contributed by atoms with Gasteiger partial charge in [0.15, 0.2) is 0 Å². The normalized spacial score (nSPS) is 39.4. The second kappa shape index (κ2) is 3.50. The van der Waals surface area contributed by atoms with E-state index in [2.05, 4.69) is 17.1 Å². The number of nitrogens with zero attached hydrogens (tertiary/aromatic N) is 1. The predicted molar refractivity (Wildman–Crippen MR) is 54.6 cm³/mol. The zero-order valence-electron chi connectivity index (χ0n) is 8.12. The largest absolute Gasteiger partial charge is 0.326 e. The molecule has 1 amide bonds. The Morgan fingerprint density at radius 1 is 1.54 bits per heavy atom. The average molecular weight is 200 g/mol. The first-order valence-electron chi connectivity index (χ1n) is 4.85. The van der Waals surface area contributed by atoms with E-state index in [0.717, 1.165) is 18.6 Å². The Kier molecular flexibility index (Phi) is 2.51. The quantitative estimate of drug-likeness (QED) is 0.675. The van der Waals surface area contributed by atoms with E-state index in [1.165, 1.54) is 0 Å². The van der Waals surface area contributed by atoms with Crippen LogP contribution in [0.5, 0.6) is 0 Å². The molecule has 74 valence electrons. The molecule has 13 heavy (non-hydrogen) atoms. The Morgan fingerprint density at radius 3 is 3.00 bits per heavy atom. The van der Waals surface area contributed by atoms with E-state index in [9.17, 15) is 4.79 Å². The van der Waals surface area contributed by atoms with E-state index in [1.54, 1.807) is 0 Å². The fourth-order valence-electron chi connectivity index (χ4n) is 2.16. The highest BCUT2D eigenvalue weighted by Crippen LogP contribution is 2.35. The van der Waals surface area contributed by atoms with Gasteiger partial charge < -0.3 is 10.2 Å². The van der Waals surface area contributed by atoms with Crippen molar-refractivity contribution in [1.82, 2.24) is 10.2 Å². The zero-order chi connectivity index (χ0) is 9.42. The number of piperidine rings is 1. The molecule has 2 aliphatic rings. The minimum atomic E-state index is 0.0670. The van der Waals surface area contributed by atoms with Crippen LogP contribution in [0.4, 0.5) is 0 Å². The van der Waals surface area contributed by atoms with Crippen molar-refractivity contribution in [2.45, 2.75) is 37.2 Å². The van der Waals surface area contributed by atoms with Gasteiger partial charge in [-0.1, -0.05) is 0 Å². The number of likely N-dealkylation sites (N-methyl/N-ethyl adjacent to an activating group) is 1. The fourth-order valence-corrected chi connectivity index (χ4v) is 3.59. The van der Waals surface area contributed by atoms with Gasteiger partial charge in [0, 0.05) is 11.8 Å². The smallest absolute Gasteiger partial charge is 0.240 e. The molecule has 4 heteroatoms. The van der Waals surface area contributed by atoms with Gasteiger partial charge in [-0.05, 0) is 26.8 Å². The second-order valence-corrected chi connectivity index (χ2v) is 5.01. The molecule has 2 heterocycles. The average Bonchev–Trinajstić information content (AvgIpc) is 2.49. The first-order valence-corrected chi connectivity index (χ1v) is 5.90. The van der Waals surface area contributed by atoms with Crippen molar-refractivity contribution >= 4 is 17.7 Å². The number of nitrogens with one attached hydrogen (secondary N) is 1. The van der Waals surface area contributed by atoms with Crippen molar-refractivity contribution < 1.29 is 4.79 Å². The number of hydrogen-bond acceptors (Lipinski definition) is 3. The number of fused-ring (bicyclic) bond motifs is 1. The van der Waals surface area contributed by atoms with Gasteiger partial charge in [0.05, 0.1) is 11.4 Å². The van der Waals surface area contributed by atoms with Crippen LogP contribution in [-0.2, 0) is 4.79 Å². The molecule has 3 atom stereocenters. The minimum Gasteiger partial charge on any atom is -0.326 e. The molecule has 0 aromatic rings. The maximum Gasteiger partial charge on any atom is 0.240 e. The summed E-state index contributed by atoms with van der Waals surface area (Å²) in [5.74, 6) is 1.41. The summed E-state index contributed by atoms with van der Waals surface area (Å²) in [5.41, 5.74) is 0. The second-order valence-electron chi connectivity index (χ2n) is 3.80. The van der Waals surface area contributed by atoms with E-state index in [1.807, 2.05) is 18.8 Å². The Hall–Kier alpha value is -0.220. The lowest BCUT2D eigenvalue weighted by molar-refractivity contribution is -0.137. The van der Waals surface area contributed by atoms with Crippen molar-refractivity contribution in [3.63, 3.8) is 0 Å². The number of carbonyl (C=O) groups is 1. The summed E-state index contributed by atoms with van der Waals surface area (Å²) in [6.07, 6.45) is 2.14. The van der Waals surface area contributed by atoms with Crippen molar-refractivity contribution in [3.8, 4) is 0 Å². The molecule has 0 bridgehead atoms. The molecular weight excluding hydrogens is 184 g/mol. The lowest BCUT2D eigenvalue weighted by Crippen LogP contribution is -2.53. The fraction of sp³-hybridized carbons (Fsp3) is 0.889. The van der Waals surface area contributed by atoms with Gasteiger partial charge in [0.2, 0.25) is 5.91 Å². The SMILES string of the molecule is CNC1CCC2SCC(C)N2C1=O. The molecule has 2 fully saturated rings. The zero-order valence-corrected chi connectivity index (χ0v) is 8.93. The van der Waals surface area contributed by atoms with Gasteiger partial charge in [-0.2, -0.15) is 0 Å². The van der Waals surface area contributed by atoms with Crippen LogP contribution in [0.2, 0.25) is 0 Å². The van der Waals surface area contributed by atoms with Crippen LogP contribution in [0, 0.1) is 0 Å². The summed E-state index contributed by atoms with van der Waals surface area (Å²) in [5, 5.41) is 3.55. The standard InChI is InChI=1S/C9H16N2OS/c1-6-5-13-8-4-3-7(10-2)9(12)11(6)8/h6-8,10H,3-5H2,1-2H3. The molecule has 3 unspecified atom stereocenters. The number of carbonyl (C=O) groups excluding carboxylic acids is 1. The van der Waals surface area contributed by atoms with Crippen molar-refractivity contribution in [2.75, 3.05) is 12.8 Å². The van der Waals surface area contributed by atoms with Crippen LogP contribution in [0.15, 0.2) is 0 Å². The van der Waals surface area contributed by atoms with Gasteiger partial charge in [-0.15, -0.1) is 11.8 Å². The Morgan fingerprint density at radius 2 is 2.31 bits per heavy atom. The molecule has 0 spiro atoms.